The Bertz CT molecular complexity index is 236. The van der Waals surface area contributed by atoms with Crippen LogP contribution < -0.4 is 0 Å². The molecule has 2 nitrogen and oxygen atoms in total. The molecule has 0 aliphatic rings. The van der Waals surface area contributed by atoms with Gasteiger partial charge in [-0.25, -0.2) is 4.79 Å². The van der Waals surface area contributed by atoms with Crippen molar-refractivity contribution in [1.29, 1.82) is 0 Å². The smallest absolute Gasteiger partial charge is 0.333 e. The topological polar surface area (TPSA) is 26.3 Å². The normalized spacial score (nSPS) is 13.3. The summed E-state index contributed by atoms with van der Waals surface area (Å²) in [5.74, 6) is 0.333. The molecule has 0 aromatic carbocycles. The highest BCUT2D eigenvalue weighted by Gasteiger charge is 2.23. The second kappa shape index (κ2) is 6.72. The monoisotopic (exact) mass is 226 g/mol. The minimum Gasteiger partial charge on any atom is -0.462 e. The van der Waals surface area contributed by atoms with Gasteiger partial charge in [0.1, 0.15) is 0 Å². The van der Waals surface area contributed by atoms with Gasteiger partial charge in [-0.05, 0) is 24.7 Å². The Labute approximate surface area is 100 Å². The molecular weight excluding hydrogens is 200 g/mol. The van der Waals surface area contributed by atoms with E-state index in [-0.39, 0.29) is 11.4 Å². The predicted molar refractivity (Wildman–Crippen MR) is 68.2 cm³/mol. The van der Waals surface area contributed by atoms with Crippen molar-refractivity contribution in [2.45, 2.75) is 53.9 Å². The lowest BCUT2D eigenvalue weighted by molar-refractivity contribution is -0.139. The first-order valence-electron chi connectivity index (χ1n) is 6.11. The molecule has 0 N–H and O–H groups in total. The Hall–Kier alpha value is -0.790. The molecule has 0 aromatic heterocycles. The number of carbonyl (C=O) groups excluding carboxylic acids is 1. The first-order valence-corrected chi connectivity index (χ1v) is 6.11. The van der Waals surface area contributed by atoms with Crippen molar-refractivity contribution in [3.8, 4) is 0 Å². The van der Waals surface area contributed by atoms with E-state index < -0.39 is 0 Å². The quantitative estimate of drug-likeness (QED) is 0.506. The fourth-order valence-corrected chi connectivity index (χ4v) is 1.78. The second-order valence-corrected chi connectivity index (χ2v) is 5.56. The van der Waals surface area contributed by atoms with Crippen LogP contribution in [0.25, 0.3) is 0 Å². The molecule has 0 radical (unpaired) electrons. The molecule has 0 heterocycles. The Morgan fingerprint density at radius 2 is 1.88 bits per heavy atom. The number of carbonyl (C=O) groups is 1. The Morgan fingerprint density at radius 3 is 2.25 bits per heavy atom. The molecule has 0 saturated heterocycles. The van der Waals surface area contributed by atoms with E-state index >= 15 is 0 Å². The van der Waals surface area contributed by atoms with Gasteiger partial charge < -0.3 is 4.74 Å². The first-order chi connectivity index (χ1) is 7.29. The van der Waals surface area contributed by atoms with Gasteiger partial charge in [-0.2, -0.15) is 0 Å². The van der Waals surface area contributed by atoms with E-state index in [0.717, 1.165) is 6.42 Å². The number of hydrogen-bond donors (Lipinski definition) is 0. The fraction of sp³-hybridized carbons (Fsp3) is 0.786. The van der Waals surface area contributed by atoms with Crippen molar-refractivity contribution in [1.82, 2.24) is 0 Å². The van der Waals surface area contributed by atoms with Gasteiger partial charge in [0.15, 0.2) is 0 Å². The molecule has 2 heteroatoms. The van der Waals surface area contributed by atoms with Gasteiger partial charge in [0, 0.05) is 5.57 Å². The van der Waals surface area contributed by atoms with Crippen molar-refractivity contribution < 1.29 is 9.53 Å². The summed E-state index contributed by atoms with van der Waals surface area (Å²) in [6.07, 6.45) is 3.31. The first kappa shape index (κ1) is 15.2. The van der Waals surface area contributed by atoms with Crippen molar-refractivity contribution in [3.63, 3.8) is 0 Å². The van der Waals surface area contributed by atoms with Gasteiger partial charge in [0.2, 0.25) is 0 Å². The standard InChI is InChI=1S/C14H26O2/c1-7-8-12(14(4,5)6)9-10-16-13(15)11(2)3/h12H,2,7-10H2,1,3-6H3. The molecule has 0 saturated carbocycles. The molecule has 16 heavy (non-hydrogen) atoms. The lowest BCUT2D eigenvalue weighted by atomic mass is 9.76. The highest BCUT2D eigenvalue weighted by molar-refractivity contribution is 5.86. The van der Waals surface area contributed by atoms with Gasteiger partial charge in [0.25, 0.3) is 0 Å². The molecule has 0 aliphatic carbocycles. The molecule has 1 atom stereocenters. The number of esters is 1. The number of rotatable bonds is 6. The van der Waals surface area contributed by atoms with Crippen molar-refractivity contribution in [3.05, 3.63) is 12.2 Å². The van der Waals surface area contributed by atoms with Crippen molar-refractivity contribution >= 4 is 5.97 Å². The fourth-order valence-electron chi connectivity index (χ4n) is 1.78. The lowest BCUT2D eigenvalue weighted by Gasteiger charge is -2.30. The minimum absolute atomic E-state index is 0.274. The molecule has 1 unspecified atom stereocenters. The van der Waals surface area contributed by atoms with E-state index in [1.807, 2.05) is 0 Å². The summed E-state index contributed by atoms with van der Waals surface area (Å²) in [7, 11) is 0. The average Bonchev–Trinajstić information content (AvgIpc) is 2.14. The molecule has 0 amide bonds. The van der Waals surface area contributed by atoms with E-state index in [4.69, 9.17) is 4.74 Å². The van der Waals surface area contributed by atoms with Crippen LogP contribution in [0.2, 0.25) is 0 Å². The van der Waals surface area contributed by atoms with Crippen LogP contribution >= 0.6 is 0 Å². The zero-order valence-corrected chi connectivity index (χ0v) is 11.4. The molecular formula is C14H26O2. The lowest BCUT2D eigenvalue weighted by Crippen LogP contribution is -2.22. The van der Waals surface area contributed by atoms with Gasteiger partial charge in [-0.15, -0.1) is 0 Å². The van der Waals surface area contributed by atoms with Crippen LogP contribution in [0.3, 0.4) is 0 Å². The average molecular weight is 226 g/mol. The highest BCUT2D eigenvalue weighted by Crippen LogP contribution is 2.32. The maximum absolute atomic E-state index is 11.2. The van der Waals surface area contributed by atoms with Crippen LogP contribution in [0.5, 0.6) is 0 Å². The van der Waals surface area contributed by atoms with Crippen molar-refractivity contribution in [2.75, 3.05) is 6.61 Å². The van der Waals surface area contributed by atoms with Crippen LogP contribution in [0.1, 0.15) is 53.9 Å². The van der Waals surface area contributed by atoms with E-state index in [9.17, 15) is 4.79 Å². The Morgan fingerprint density at radius 1 is 1.31 bits per heavy atom. The third-order valence-electron chi connectivity index (χ3n) is 2.91. The summed E-state index contributed by atoms with van der Waals surface area (Å²) < 4.78 is 5.14. The predicted octanol–water partition coefficient (Wildman–Crippen LogP) is 3.96. The second-order valence-electron chi connectivity index (χ2n) is 5.56. The van der Waals surface area contributed by atoms with Crippen LogP contribution in [0.4, 0.5) is 0 Å². The number of ether oxygens (including phenoxy) is 1. The SMILES string of the molecule is C=C(C)C(=O)OCCC(CCC)C(C)(C)C. The maximum atomic E-state index is 11.2. The van der Waals surface area contributed by atoms with Crippen LogP contribution in [-0.2, 0) is 9.53 Å². The van der Waals surface area contributed by atoms with E-state index in [0.29, 0.717) is 18.1 Å². The van der Waals surface area contributed by atoms with Gasteiger partial charge in [-0.3, -0.25) is 0 Å². The summed E-state index contributed by atoms with van der Waals surface area (Å²) in [6.45, 7) is 14.7. The summed E-state index contributed by atoms with van der Waals surface area (Å²) in [5, 5.41) is 0. The molecule has 0 spiro atoms. The summed E-state index contributed by atoms with van der Waals surface area (Å²) >= 11 is 0. The Kier molecular flexibility index (Phi) is 6.39. The van der Waals surface area contributed by atoms with E-state index in [1.54, 1.807) is 6.92 Å². The van der Waals surface area contributed by atoms with E-state index in [1.165, 1.54) is 12.8 Å². The molecule has 0 bridgehead atoms. The summed E-state index contributed by atoms with van der Waals surface area (Å²) in [5.41, 5.74) is 0.758. The maximum Gasteiger partial charge on any atom is 0.333 e. The molecule has 0 rings (SSSR count). The van der Waals surface area contributed by atoms with Gasteiger partial charge in [-0.1, -0.05) is 47.1 Å². The van der Waals surface area contributed by atoms with Crippen LogP contribution in [0.15, 0.2) is 12.2 Å². The largest absolute Gasteiger partial charge is 0.462 e. The molecule has 94 valence electrons. The van der Waals surface area contributed by atoms with Gasteiger partial charge in [0.05, 0.1) is 6.61 Å². The van der Waals surface area contributed by atoms with Crippen LogP contribution in [-0.4, -0.2) is 12.6 Å². The van der Waals surface area contributed by atoms with E-state index in [2.05, 4.69) is 34.3 Å². The van der Waals surface area contributed by atoms with Crippen molar-refractivity contribution in [2.24, 2.45) is 11.3 Å². The zero-order valence-electron chi connectivity index (χ0n) is 11.4. The third-order valence-corrected chi connectivity index (χ3v) is 2.91. The third kappa shape index (κ3) is 5.94. The van der Waals surface area contributed by atoms with Crippen LogP contribution in [0, 0.1) is 11.3 Å². The van der Waals surface area contributed by atoms with Gasteiger partial charge >= 0.3 is 5.97 Å². The zero-order chi connectivity index (χ0) is 12.8. The minimum atomic E-state index is -0.274. The molecule has 0 aliphatic heterocycles. The number of hydrogen-bond acceptors (Lipinski definition) is 2. The molecule has 0 aromatic rings. The summed E-state index contributed by atoms with van der Waals surface area (Å²) in [6, 6.07) is 0. The highest BCUT2D eigenvalue weighted by atomic mass is 16.5. The summed E-state index contributed by atoms with van der Waals surface area (Å²) in [4.78, 5) is 11.2. The molecule has 0 fully saturated rings. The Balaban J connectivity index is 4.04.